The molecule has 1 aromatic heterocycles. The van der Waals surface area contributed by atoms with Crippen LogP contribution in [0.2, 0.25) is 0 Å². The van der Waals surface area contributed by atoms with E-state index in [0.717, 1.165) is 40.1 Å². The van der Waals surface area contributed by atoms with Crippen LogP contribution < -0.4 is 4.74 Å². The van der Waals surface area contributed by atoms with Crippen molar-refractivity contribution in [1.82, 2.24) is 4.98 Å². The molecular formula is C27H25FINO. The summed E-state index contributed by atoms with van der Waals surface area (Å²) in [7, 11) is 0. The smallest absolute Gasteiger partial charge is 0.119 e. The highest BCUT2D eigenvalue weighted by Crippen LogP contribution is 2.25. The number of hydrogen-bond acceptors (Lipinski definition) is 2. The number of benzene rings is 2. The molecule has 4 heteroatoms. The average molecular weight is 525 g/mol. The van der Waals surface area contributed by atoms with Crippen LogP contribution in [0.3, 0.4) is 0 Å². The van der Waals surface area contributed by atoms with Gasteiger partial charge in [0.25, 0.3) is 0 Å². The summed E-state index contributed by atoms with van der Waals surface area (Å²) in [6, 6.07) is 20.3. The van der Waals surface area contributed by atoms with Crippen molar-refractivity contribution in [2.75, 3.05) is 6.61 Å². The van der Waals surface area contributed by atoms with Crippen LogP contribution in [0, 0.1) is 11.8 Å². The Morgan fingerprint density at radius 1 is 1.00 bits per heavy atom. The van der Waals surface area contributed by atoms with Crippen molar-refractivity contribution in [3.05, 3.63) is 85.1 Å². The minimum absolute atomic E-state index is 0.144. The third-order valence-corrected chi connectivity index (χ3v) is 5.62. The van der Waals surface area contributed by atoms with E-state index in [-0.39, 0.29) is 3.92 Å². The van der Waals surface area contributed by atoms with E-state index in [0.29, 0.717) is 13.0 Å². The molecule has 3 aromatic rings. The van der Waals surface area contributed by atoms with Gasteiger partial charge in [-0.15, -0.1) is 0 Å². The fourth-order valence-electron chi connectivity index (χ4n) is 2.98. The first-order valence-electron chi connectivity index (χ1n) is 10.3. The van der Waals surface area contributed by atoms with Gasteiger partial charge in [0.15, 0.2) is 0 Å². The summed E-state index contributed by atoms with van der Waals surface area (Å²) in [4.78, 5) is 4.55. The highest BCUT2D eigenvalue weighted by Gasteiger charge is 2.05. The van der Waals surface area contributed by atoms with Crippen LogP contribution in [-0.4, -0.2) is 21.7 Å². The van der Waals surface area contributed by atoms with Gasteiger partial charge in [0, 0.05) is 17.3 Å². The van der Waals surface area contributed by atoms with E-state index in [4.69, 9.17) is 4.74 Å². The number of alkyl halides is 2. The molecule has 2 aromatic carbocycles. The zero-order chi connectivity index (χ0) is 22.1. The van der Waals surface area contributed by atoms with Gasteiger partial charge in [-0.1, -0.05) is 83.5 Å². The highest BCUT2D eigenvalue weighted by atomic mass is 127. The molecular weight excluding hydrogens is 500 g/mol. The number of pyridine rings is 1. The van der Waals surface area contributed by atoms with Crippen LogP contribution >= 0.6 is 22.6 Å². The second-order valence-corrected chi connectivity index (χ2v) is 8.73. The quantitative estimate of drug-likeness (QED) is 0.134. The topological polar surface area (TPSA) is 22.1 Å². The standard InChI is InChI=1S/C27H25FINO/c1-3-18-31-26-15-11-23(12-16-26)22-7-9-24(10-8-22)27-17-6-21(19-30-27)5-14-25(29)13-4-20(2)28/h3,6-12,15-17,19-20,25H,1,4,13,18H2,2H3. The van der Waals surface area contributed by atoms with Gasteiger partial charge in [-0.3, -0.25) is 4.98 Å². The molecule has 1 heterocycles. The van der Waals surface area contributed by atoms with E-state index in [9.17, 15) is 4.39 Å². The largest absolute Gasteiger partial charge is 0.490 e. The van der Waals surface area contributed by atoms with Crippen LogP contribution in [0.15, 0.2) is 79.5 Å². The van der Waals surface area contributed by atoms with E-state index in [1.54, 1.807) is 19.2 Å². The predicted molar refractivity (Wildman–Crippen MR) is 135 cm³/mol. The molecule has 0 bridgehead atoms. The van der Waals surface area contributed by atoms with Crippen molar-refractivity contribution in [3.8, 4) is 40.0 Å². The fourth-order valence-corrected chi connectivity index (χ4v) is 3.50. The van der Waals surface area contributed by atoms with Crippen molar-refractivity contribution < 1.29 is 9.13 Å². The van der Waals surface area contributed by atoms with E-state index >= 15 is 0 Å². The molecule has 3 rings (SSSR count). The summed E-state index contributed by atoms with van der Waals surface area (Å²) in [5.74, 6) is 7.14. The maximum absolute atomic E-state index is 12.9. The lowest BCUT2D eigenvalue weighted by molar-refractivity contribution is 0.337. The molecule has 0 amide bonds. The lowest BCUT2D eigenvalue weighted by Crippen LogP contribution is -1.99. The SMILES string of the molecule is C=CCOc1ccc(-c2ccc(-c3ccc(C#CC(I)CCC(C)F)cn3)cc2)cc1. The predicted octanol–water partition coefficient (Wildman–Crippen LogP) is 7.27. The second kappa shape index (κ2) is 11.7. The van der Waals surface area contributed by atoms with Crippen LogP contribution in [0.25, 0.3) is 22.4 Å². The van der Waals surface area contributed by atoms with Crippen LogP contribution in [0.1, 0.15) is 25.3 Å². The Labute approximate surface area is 197 Å². The Balaban J connectivity index is 1.64. The van der Waals surface area contributed by atoms with E-state index in [1.807, 2.05) is 36.4 Å². The minimum Gasteiger partial charge on any atom is -0.490 e. The van der Waals surface area contributed by atoms with Crippen molar-refractivity contribution in [2.24, 2.45) is 0 Å². The number of aromatic nitrogens is 1. The maximum Gasteiger partial charge on any atom is 0.119 e. The summed E-state index contributed by atoms with van der Waals surface area (Å²) >= 11 is 2.26. The van der Waals surface area contributed by atoms with Gasteiger partial charge in [-0.05, 0) is 55.2 Å². The normalized spacial score (nSPS) is 12.4. The van der Waals surface area contributed by atoms with E-state index < -0.39 is 6.17 Å². The number of halogens is 2. The van der Waals surface area contributed by atoms with E-state index in [1.165, 1.54) is 0 Å². The summed E-state index contributed by atoms with van der Waals surface area (Å²) < 4.78 is 18.6. The van der Waals surface area contributed by atoms with Gasteiger partial charge in [0.1, 0.15) is 12.4 Å². The number of ether oxygens (including phenoxy) is 1. The molecule has 0 radical (unpaired) electrons. The molecule has 0 N–H and O–H groups in total. The van der Waals surface area contributed by atoms with Gasteiger partial charge in [0.05, 0.1) is 15.8 Å². The van der Waals surface area contributed by atoms with Gasteiger partial charge in [-0.2, -0.15) is 0 Å². The first-order chi connectivity index (χ1) is 15.0. The summed E-state index contributed by atoms with van der Waals surface area (Å²) in [5.41, 5.74) is 5.10. The molecule has 0 saturated carbocycles. The monoisotopic (exact) mass is 525 g/mol. The fraction of sp³-hybridized carbons (Fsp3) is 0.222. The lowest BCUT2D eigenvalue weighted by Gasteiger charge is -2.07. The lowest BCUT2D eigenvalue weighted by atomic mass is 10.0. The minimum atomic E-state index is -0.776. The summed E-state index contributed by atoms with van der Waals surface area (Å²) in [6.07, 6.45) is 4.05. The van der Waals surface area contributed by atoms with Gasteiger partial charge in [-0.25, -0.2) is 4.39 Å². The second-order valence-electron chi connectivity index (χ2n) is 7.23. The molecule has 0 saturated heterocycles. The van der Waals surface area contributed by atoms with Crippen LogP contribution in [0.4, 0.5) is 4.39 Å². The molecule has 2 atom stereocenters. The van der Waals surface area contributed by atoms with Crippen molar-refractivity contribution in [3.63, 3.8) is 0 Å². The summed E-state index contributed by atoms with van der Waals surface area (Å²) in [5, 5.41) is 0. The number of nitrogens with zero attached hydrogens (tertiary/aromatic N) is 1. The van der Waals surface area contributed by atoms with Gasteiger partial charge < -0.3 is 4.74 Å². The van der Waals surface area contributed by atoms with Crippen molar-refractivity contribution in [2.45, 2.75) is 29.9 Å². The third kappa shape index (κ3) is 7.22. The average Bonchev–Trinajstić information content (AvgIpc) is 2.81. The Morgan fingerprint density at radius 3 is 2.23 bits per heavy atom. The molecule has 2 unspecified atom stereocenters. The Morgan fingerprint density at radius 2 is 1.65 bits per heavy atom. The van der Waals surface area contributed by atoms with Crippen LogP contribution in [-0.2, 0) is 0 Å². The molecule has 0 aliphatic carbocycles. The number of rotatable bonds is 8. The molecule has 0 fully saturated rings. The maximum atomic E-state index is 12.9. The molecule has 31 heavy (non-hydrogen) atoms. The van der Waals surface area contributed by atoms with Crippen LogP contribution in [0.5, 0.6) is 5.75 Å². The number of hydrogen-bond donors (Lipinski definition) is 0. The first kappa shape index (κ1) is 23.0. The summed E-state index contributed by atoms with van der Waals surface area (Å²) in [6.45, 7) is 5.75. The van der Waals surface area contributed by atoms with Crippen molar-refractivity contribution >= 4 is 22.6 Å². The third-order valence-electron chi connectivity index (χ3n) is 4.69. The van der Waals surface area contributed by atoms with Crippen molar-refractivity contribution in [1.29, 1.82) is 0 Å². The van der Waals surface area contributed by atoms with Gasteiger partial charge in [0.2, 0.25) is 0 Å². The highest BCUT2D eigenvalue weighted by molar-refractivity contribution is 14.1. The molecule has 0 spiro atoms. The molecule has 2 nitrogen and oxygen atoms in total. The molecule has 0 aliphatic rings. The molecule has 0 aliphatic heterocycles. The molecule has 158 valence electrons. The first-order valence-corrected chi connectivity index (χ1v) is 11.5. The zero-order valence-corrected chi connectivity index (χ0v) is 19.7. The van der Waals surface area contributed by atoms with E-state index in [2.05, 4.69) is 70.3 Å². The Kier molecular flexibility index (Phi) is 8.66. The van der Waals surface area contributed by atoms with Gasteiger partial charge >= 0.3 is 0 Å². The zero-order valence-electron chi connectivity index (χ0n) is 17.5. The Bertz CT molecular complexity index is 1030. The Hall–Kier alpha value is -2.65.